The quantitative estimate of drug-likeness (QED) is 0.435. The zero-order valence-corrected chi connectivity index (χ0v) is 14.0. The average Bonchev–Trinajstić information content (AvgIpc) is 2.29. The highest BCUT2D eigenvalue weighted by Gasteiger charge is 2.14. The fraction of sp³-hybridized carbons (Fsp3) is 0.875. The maximum Gasteiger partial charge on any atom is 0.303 e. The molecule has 0 aromatic carbocycles. The number of unbranched alkanes of at least 4 members (excludes halogenated alkanes) is 5. The van der Waals surface area contributed by atoms with Gasteiger partial charge in [0.15, 0.2) is 0 Å². The minimum absolute atomic E-state index is 0.245. The van der Waals surface area contributed by atoms with Crippen molar-refractivity contribution in [2.45, 2.75) is 90.3 Å². The average molecular weight is 320 g/mol. The van der Waals surface area contributed by atoms with Crippen molar-refractivity contribution >= 4 is 11.9 Å². The predicted octanol–water partition coefficient (Wildman–Crippen LogP) is 2.80. The van der Waals surface area contributed by atoms with Gasteiger partial charge in [0.2, 0.25) is 0 Å². The van der Waals surface area contributed by atoms with Gasteiger partial charge in [-0.15, -0.1) is 0 Å². The van der Waals surface area contributed by atoms with Gasteiger partial charge in [-0.25, -0.2) is 0 Å². The van der Waals surface area contributed by atoms with Gasteiger partial charge in [-0.3, -0.25) is 9.59 Å². The molecule has 0 fully saturated rings. The molecular formula is C16H32O6. The van der Waals surface area contributed by atoms with E-state index in [4.69, 9.17) is 20.4 Å². The third-order valence-corrected chi connectivity index (χ3v) is 2.83. The Morgan fingerprint density at radius 3 is 1.36 bits per heavy atom. The van der Waals surface area contributed by atoms with Crippen LogP contribution in [0.3, 0.4) is 0 Å². The van der Waals surface area contributed by atoms with Crippen LogP contribution in [0.4, 0.5) is 0 Å². The van der Waals surface area contributed by atoms with Crippen molar-refractivity contribution in [3.05, 3.63) is 0 Å². The van der Waals surface area contributed by atoms with Crippen molar-refractivity contribution in [3.8, 4) is 0 Å². The van der Waals surface area contributed by atoms with E-state index in [2.05, 4.69) is 0 Å². The Morgan fingerprint density at radius 1 is 0.864 bits per heavy atom. The molecule has 132 valence electrons. The normalized spacial score (nSPS) is 12.2. The van der Waals surface area contributed by atoms with Crippen molar-refractivity contribution in [1.82, 2.24) is 0 Å². The lowest BCUT2D eigenvalue weighted by Crippen LogP contribution is -2.24. The molecule has 0 spiro atoms. The molecule has 0 radical (unpaired) electrons. The van der Waals surface area contributed by atoms with Crippen LogP contribution in [0.25, 0.3) is 0 Å². The molecule has 0 rings (SSSR count). The highest BCUT2D eigenvalue weighted by atomic mass is 16.4. The Hall–Kier alpha value is -1.14. The minimum atomic E-state index is -0.740. The van der Waals surface area contributed by atoms with Crippen molar-refractivity contribution in [3.63, 3.8) is 0 Å². The molecule has 0 aromatic heterocycles. The maximum atomic E-state index is 10.1. The van der Waals surface area contributed by atoms with Gasteiger partial charge >= 0.3 is 11.9 Å². The van der Waals surface area contributed by atoms with Gasteiger partial charge in [-0.05, 0) is 33.6 Å². The van der Waals surface area contributed by atoms with Crippen LogP contribution in [-0.2, 0) is 9.59 Å². The number of carboxylic acids is 2. The Kier molecular flexibility index (Phi) is 14.2. The molecule has 0 aliphatic rings. The number of carboxylic acid groups (broad SMARTS) is 2. The number of hydrogen-bond donors (Lipinski definition) is 4. The summed E-state index contributed by atoms with van der Waals surface area (Å²) in [5.41, 5.74) is -0.728. The first kappa shape index (κ1) is 23.1. The van der Waals surface area contributed by atoms with E-state index in [-0.39, 0.29) is 12.8 Å². The molecule has 0 aliphatic heterocycles. The fourth-order valence-electron chi connectivity index (χ4n) is 1.98. The van der Waals surface area contributed by atoms with Crippen LogP contribution < -0.4 is 0 Å². The number of hydrogen-bond acceptors (Lipinski definition) is 4. The Labute approximate surface area is 133 Å². The third kappa shape index (κ3) is 27.2. The van der Waals surface area contributed by atoms with Gasteiger partial charge < -0.3 is 20.4 Å². The van der Waals surface area contributed by atoms with Gasteiger partial charge in [0.25, 0.3) is 0 Å². The predicted molar refractivity (Wildman–Crippen MR) is 84.8 cm³/mol. The van der Waals surface area contributed by atoms with E-state index in [1.807, 2.05) is 0 Å². The SMILES string of the molecule is CC(O)CC(C)(C)O.O=C(O)CCCCCCCCC(=O)O. The summed E-state index contributed by atoms with van der Waals surface area (Å²) in [4.78, 5) is 20.3. The first-order valence-electron chi connectivity index (χ1n) is 7.88. The van der Waals surface area contributed by atoms with E-state index >= 15 is 0 Å². The van der Waals surface area contributed by atoms with Gasteiger partial charge in [0.05, 0.1) is 11.7 Å². The number of aliphatic hydroxyl groups excluding tert-OH is 1. The number of aliphatic carboxylic acids is 2. The molecular weight excluding hydrogens is 288 g/mol. The highest BCUT2D eigenvalue weighted by Crippen LogP contribution is 2.09. The van der Waals surface area contributed by atoms with Crippen LogP contribution in [-0.4, -0.2) is 44.1 Å². The molecule has 0 saturated carbocycles. The zero-order chi connectivity index (χ0) is 17.6. The molecule has 0 aliphatic carbocycles. The summed E-state index contributed by atoms with van der Waals surface area (Å²) >= 11 is 0. The van der Waals surface area contributed by atoms with Crippen LogP contribution >= 0.6 is 0 Å². The van der Waals surface area contributed by atoms with Gasteiger partial charge in [0.1, 0.15) is 0 Å². The van der Waals surface area contributed by atoms with Gasteiger partial charge in [0, 0.05) is 19.3 Å². The summed E-state index contributed by atoms with van der Waals surface area (Å²) in [5, 5.41) is 34.5. The fourth-order valence-corrected chi connectivity index (χ4v) is 1.98. The summed E-state index contributed by atoms with van der Waals surface area (Å²) in [7, 11) is 0. The molecule has 0 heterocycles. The molecule has 0 saturated heterocycles. The van der Waals surface area contributed by atoms with Crippen molar-refractivity contribution in [2.75, 3.05) is 0 Å². The first-order valence-corrected chi connectivity index (χ1v) is 7.88. The number of rotatable bonds is 11. The summed E-state index contributed by atoms with van der Waals surface area (Å²) in [6.07, 6.45) is 5.85. The van der Waals surface area contributed by atoms with Crippen LogP contribution in [0.1, 0.15) is 78.6 Å². The molecule has 1 unspecified atom stereocenters. The Morgan fingerprint density at radius 2 is 1.18 bits per heavy atom. The van der Waals surface area contributed by atoms with Crippen molar-refractivity contribution in [2.24, 2.45) is 0 Å². The van der Waals surface area contributed by atoms with Crippen LogP contribution in [0, 0.1) is 0 Å². The molecule has 1 atom stereocenters. The van der Waals surface area contributed by atoms with Crippen LogP contribution in [0.2, 0.25) is 0 Å². The van der Waals surface area contributed by atoms with Crippen LogP contribution in [0.5, 0.6) is 0 Å². The Balaban J connectivity index is 0. The standard InChI is InChI=1S/C10H18O4.C6H14O2/c11-9(12)7-5-3-1-2-4-6-8-10(13)14;1-5(7)4-6(2,3)8/h1-8H2,(H,11,12)(H,13,14);5,7-8H,4H2,1-3H3. The largest absolute Gasteiger partial charge is 0.481 e. The number of carbonyl (C=O) groups is 2. The lowest BCUT2D eigenvalue weighted by molar-refractivity contribution is -0.138. The molecule has 4 N–H and O–H groups in total. The second-order valence-corrected chi connectivity index (χ2v) is 6.27. The lowest BCUT2D eigenvalue weighted by atomic mass is 10.0. The van der Waals surface area contributed by atoms with Crippen molar-refractivity contribution in [1.29, 1.82) is 0 Å². The van der Waals surface area contributed by atoms with E-state index in [1.54, 1.807) is 20.8 Å². The van der Waals surface area contributed by atoms with E-state index in [9.17, 15) is 9.59 Å². The summed E-state index contributed by atoms with van der Waals surface area (Å²) in [5.74, 6) is -1.48. The van der Waals surface area contributed by atoms with Gasteiger partial charge in [-0.1, -0.05) is 25.7 Å². The van der Waals surface area contributed by atoms with Gasteiger partial charge in [-0.2, -0.15) is 0 Å². The monoisotopic (exact) mass is 320 g/mol. The molecule has 6 heteroatoms. The summed E-state index contributed by atoms with van der Waals surface area (Å²) < 4.78 is 0. The summed E-state index contributed by atoms with van der Waals surface area (Å²) in [6.45, 7) is 5.03. The van der Waals surface area contributed by atoms with E-state index in [0.29, 0.717) is 6.42 Å². The van der Waals surface area contributed by atoms with Crippen LogP contribution in [0.15, 0.2) is 0 Å². The number of aliphatic hydroxyl groups is 2. The topological polar surface area (TPSA) is 115 Å². The zero-order valence-electron chi connectivity index (χ0n) is 14.0. The first-order chi connectivity index (χ1) is 10.0. The maximum absolute atomic E-state index is 10.1. The van der Waals surface area contributed by atoms with E-state index < -0.39 is 23.6 Å². The second kappa shape index (κ2) is 13.5. The Bertz CT molecular complexity index is 274. The van der Waals surface area contributed by atoms with E-state index in [0.717, 1.165) is 38.5 Å². The second-order valence-electron chi connectivity index (χ2n) is 6.27. The van der Waals surface area contributed by atoms with E-state index in [1.165, 1.54) is 0 Å². The third-order valence-electron chi connectivity index (χ3n) is 2.83. The summed E-state index contributed by atoms with van der Waals surface area (Å²) in [6, 6.07) is 0. The smallest absolute Gasteiger partial charge is 0.303 e. The lowest BCUT2D eigenvalue weighted by Gasteiger charge is -2.17. The highest BCUT2D eigenvalue weighted by molar-refractivity contribution is 5.66. The molecule has 22 heavy (non-hydrogen) atoms. The minimum Gasteiger partial charge on any atom is -0.481 e. The molecule has 6 nitrogen and oxygen atoms in total. The molecule has 0 bridgehead atoms. The molecule has 0 aromatic rings. The molecule has 0 amide bonds. The van der Waals surface area contributed by atoms with Crippen molar-refractivity contribution < 1.29 is 30.0 Å².